The zero-order valence-corrected chi connectivity index (χ0v) is 20.7. The second kappa shape index (κ2) is 16.8. The van der Waals surface area contributed by atoms with E-state index in [9.17, 15) is 4.79 Å². The number of ether oxygens (including phenoxy) is 2. The molecule has 31 heavy (non-hydrogen) atoms. The van der Waals surface area contributed by atoms with Gasteiger partial charge in [-0.25, -0.2) is 4.98 Å². The molecule has 1 aromatic rings. The number of nitrogens with zero attached hydrogens (tertiary/aromatic N) is 3. The SMILES string of the molecule is CCCCCCCCCCCCCCCCc1nc(N(C)C)nc(OC)c1OC(C)=O. The van der Waals surface area contributed by atoms with Crippen LogP contribution in [0.5, 0.6) is 11.6 Å². The van der Waals surface area contributed by atoms with Crippen molar-refractivity contribution in [1.82, 2.24) is 9.97 Å². The minimum absolute atomic E-state index is 0.314. The Morgan fingerprint density at radius 3 is 1.71 bits per heavy atom. The zero-order chi connectivity index (χ0) is 22.9. The fourth-order valence-electron chi connectivity index (χ4n) is 3.70. The number of methoxy groups -OCH3 is 1. The molecule has 0 fully saturated rings. The number of hydrogen-bond donors (Lipinski definition) is 0. The van der Waals surface area contributed by atoms with Crippen LogP contribution in [0.2, 0.25) is 0 Å². The van der Waals surface area contributed by atoms with Crippen molar-refractivity contribution >= 4 is 11.9 Å². The second-order valence-corrected chi connectivity index (χ2v) is 8.64. The molecule has 1 aromatic heterocycles. The molecule has 0 aliphatic carbocycles. The molecule has 6 nitrogen and oxygen atoms in total. The maximum absolute atomic E-state index is 11.5. The first-order valence-electron chi connectivity index (χ1n) is 12.3. The highest BCUT2D eigenvalue weighted by Crippen LogP contribution is 2.31. The van der Waals surface area contributed by atoms with Crippen molar-refractivity contribution in [3.8, 4) is 11.6 Å². The molecule has 0 radical (unpaired) electrons. The van der Waals surface area contributed by atoms with E-state index in [0.29, 0.717) is 17.6 Å². The average molecular weight is 436 g/mol. The van der Waals surface area contributed by atoms with E-state index in [4.69, 9.17) is 9.47 Å². The van der Waals surface area contributed by atoms with Crippen molar-refractivity contribution in [3.63, 3.8) is 0 Å². The van der Waals surface area contributed by atoms with Gasteiger partial charge in [-0.2, -0.15) is 4.98 Å². The maximum Gasteiger partial charge on any atom is 0.308 e. The minimum Gasteiger partial charge on any atom is -0.478 e. The van der Waals surface area contributed by atoms with E-state index >= 15 is 0 Å². The predicted molar refractivity (Wildman–Crippen MR) is 128 cm³/mol. The van der Waals surface area contributed by atoms with Gasteiger partial charge in [-0.15, -0.1) is 0 Å². The third kappa shape index (κ3) is 11.9. The molecule has 0 N–H and O–H groups in total. The van der Waals surface area contributed by atoms with Crippen molar-refractivity contribution in [1.29, 1.82) is 0 Å². The molecule has 0 aromatic carbocycles. The Balaban J connectivity index is 2.28. The molecule has 0 spiro atoms. The first-order chi connectivity index (χ1) is 15.0. The van der Waals surface area contributed by atoms with Gasteiger partial charge in [0.2, 0.25) is 11.7 Å². The summed E-state index contributed by atoms with van der Waals surface area (Å²) >= 11 is 0. The van der Waals surface area contributed by atoms with Gasteiger partial charge in [0.15, 0.2) is 0 Å². The molecule has 1 rings (SSSR count). The average Bonchev–Trinajstić information content (AvgIpc) is 2.74. The number of carbonyl (C=O) groups is 1. The number of aromatic nitrogens is 2. The van der Waals surface area contributed by atoms with Crippen molar-refractivity contribution < 1.29 is 14.3 Å². The van der Waals surface area contributed by atoms with Gasteiger partial charge in [-0.05, 0) is 12.8 Å². The Bertz CT molecular complexity index is 620. The van der Waals surface area contributed by atoms with E-state index < -0.39 is 0 Å². The highest BCUT2D eigenvalue weighted by atomic mass is 16.6. The van der Waals surface area contributed by atoms with Crippen LogP contribution >= 0.6 is 0 Å². The Morgan fingerprint density at radius 2 is 1.29 bits per heavy atom. The van der Waals surface area contributed by atoms with Crippen LogP contribution in [0.3, 0.4) is 0 Å². The summed E-state index contributed by atoms with van der Waals surface area (Å²) in [6, 6.07) is 0. The van der Waals surface area contributed by atoms with Crippen molar-refractivity contribution in [3.05, 3.63) is 5.69 Å². The Kier molecular flexibility index (Phi) is 14.7. The van der Waals surface area contributed by atoms with Crippen LogP contribution in [0.1, 0.15) is 109 Å². The van der Waals surface area contributed by atoms with E-state index in [2.05, 4.69) is 16.9 Å². The molecule has 0 unspecified atom stereocenters. The lowest BCUT2D eigenvalue weighted by Crippen LogP contribution is -2.16. The third-order valence-corrected chi connectivity index (χ3v) is 5.50. The van der Waals surface area contributed by atoms with Crippen molar-refractivity contribution in [2.24, 2.45) is 0 Å². The van der Waals surface area contributed by atoms with Crippen LogP contribution in [0.25, 0.3) is 0 Å². The van der Waals surface area contributed by atoms with E-state index in [1.165, 1.54) is 91.1 Å². The van der Waals surface area contributed by atoms with E-state index in [1.807, 2.05) is 19.0 Å². The lowest BCUT2D eigenvalue weighted by Gasteiger charge is -2.16. The van der Waals surface area contributed by atoms with Crippen LogP contribution in [0, 0.1) is 0 Å². The highest BCUT2D eigenvalue weighted by molar-refractivity contribution is 5.70. The lowest BCUT2D eigenvalue weighted by atomic mass is 10.0. The van der Waals surface area contributed by atoms with E-state index in [-0.39, 0.29) is 5.97 Å². The molecule has 0 bridgehead atoms. The molecule has 0 saturated carbocycles. The summed E-state index contributed by atoms with van der Waals surface area (Å²) in [5.74, 6) is 0.847. The summed E-state index contributed by atoms with van der Waals surface area (Å²) < 4.78 is 10.7. The fraction of sp³-hybridized carbons (Fsp3) is 0.800. The Morgan fingerprint density at radius 1 is 0.806 bits per heavy atom. The normalized spacial score (nSPS) is 10.9. The number of carbonyl (C=O) groups excluding carboxylic acids is 1. The lowest BCUT2D eigenvalue weighted by molar-refractivity contribution is -0.132. The molecular formula is C25H45N3O3. The standard InChI is InChI=1S/C25H45N3O3/c1-6-7-8-9-10-11-12-13-14-15-16-17-18-19-20-22-23(31-21(2)29)24(30-5)27-25(26-22)28(3)4/h6-20H2,1-5H3. The molecule has 178 valence electrons. The van der Waals surface area contributed by atoms with Crippen LogP contribution < -0.4 is 14.4 Å². The minimum atomic E-state index is -0.387. The zero-order valence-electron chi connectivity index (χ0n) is 20.7. The van der Waals surface area contributed by atoms with E-state index in [0.717, 1.165) is 25.0 Å². The Labute approximate surface area is 190 Å². The molecule has 0 saturated heterocycles. The molecule has 0 aliphatic rings. The maximum atomic E-state index is 11.5. The topological polar surface area (TPSA) is 64.6 Å². The van der Waals surface area contributed by atoms with E-state index in [1.54, 1.807) is 0 Å². The van der Waals surface area contributed by atoms with Crippen molar-refractivity contribution in [2.75, 3.05) is 26.1 Å². The number of esters is 1. The summed E-state index contributed by atoms with van der Waals surface area (Å²) in [5, 5.41) is 0. The van der Waals surface area contributed by atoms with Crippen LogP contribution in [0.4, 0.5) is 5.95 Å². The summed E-state index contributed by atoms with van der Waals surface area (Å²) in [4.78, 5) is 22.3. The van der Waals surface area contributed by atoms with Crippen LogP contribution in [-0.4, -0.2) is 37.1 Å². The summed E-state index contributed by atoms with van der Waals surface area (Å²) in [5.41, 5.74) is 0.740. The van der Waals surface area contributed by atoms with Gasteiger partial charge in [0.25, 0.3) is 5.88 Å². The van der Waals surface area contributed by atoms with Gasteiger partial charge >= 0.3 is 5.97 Å². The molecular weight excluding hydrogens is 390 g/mol. The molecule has 0 atom stereocenters. The monoisotopic (exact) mass is 435 g/mol. The largest absolute Gasteiger partial charge is 0.478 e. The quantitative estimate of drug-likeness (QED) is 0.194. The first-order valence-corrected chi connectivity index (χ1v) is 12.3. The first kappa shape index (κ1) is 27.2. The highest BCUT2D eigenvalue weighted by Gasteiger charge is 2.19. The van der Waals surface area contributed by atoms with Crippen LogP contribution in [0.15, 0.2) is 0 Å². The summed E-state index contributed by atoms with van der Waals surface area (Å²) in [6.07, 6.45) is 19.3. The fourth-order valence-corrected chi connectivity index (χ4v) is 3.70. The van der Waals surface area contributed by atoms with Gasteiger partial charge in [0.1, 0.15) is 0 Å². The summed E-state index contributed by atoms with van der Waals surface area (Å²) in [6.45, 7) is 3.66. The number of rotatable bonds is 18. The van der Waals surface area contributed by atoms with Gasteiger partial charge < -0.3 is 14.4 Å². The van der Waals surface area contributed by atoms with Gasteiger partial charge in [0, 0.05) is 21.0 Å². The number of hydrogen-bond acceptors (Lipinski definition) is 6. The van der Waals surface area contributed by atoms with Crippen LogP contribution in [-0.2, 0) is 11.2 Å². The molecule has 0 aliphatic heterocycles. The second-order valence-electron chi connectivity index (χ2n) is 8.64. The number of anilines is 1. The van der Waals surface area contributed by atoms with Gasteiger partial charge in [0.05, 0.1) is 12.8 Å². The Hall–Kier alpha value is -1.85. The number of aryl methyl sites for hydroxylation is 1. The third-order valence-electron chi connectivity index (χ3n) is 5.50. The smallest absolute Gasteiger partial charge is 0.308 e. The van der Waals surface area contributed by atoms with Crippen molar-refractivity contribution in [2.45, 2.75) is 110 Å². The molecule has 0 amide bonds. The van der Waals surface area contributed by atoms with Gasteiger partial charge in [-0.3, -0.25) is 4.79 Å². The predicted octanol–water partition coefficient (Wildman–Crippen LogP) is 6.50. The number of unbranched alkanes of at least 4 members (excludes halogenated alkanes) is 13. The summed E-state index contributed by atoms with van der Waals surface area (Å²) in [7, 11) is 5.30. The molecule has 1 heterocycles. The molecule has 6 heteroatoms. The van der Waals surface area contributed by atoms with Gasteiger partial charge in [-0.1, -0.05) is 90.4 Å².